The van der Waals surface area contributed by atoms with Crippen LogP contribution in [0, 0.1) is 0 Å². The molecule has 0 bridgehead atoms. The summed E-state index contributed by atoms with van der Waals surface area (Å²) in [6, 6.07) is 23.8. The summed E-state index contributed by atoms with van der Waals surface area (Å²) in [5, 5.41) is 8.35. The van der Waals surface area contributed by atoms with Crippen molar-refractivity contribution in [3.8, 4) is 5.69 Å². The SMILES string of the molecule is CCc1ccccc1NC(=O)c1nn(-c2ccccc2)c(=O)c2ccccc12. The molecule has 1 amide bonds. The van der Waals surface area contributed by atoms with Gasteiger partial charge in [0.1, 0.15) is 0 Å². The fourth-order valence-corrected chi connectivity index (χ4v) is 3.23. The highest BCUT2D eigenvalue weighted by molar-refractivity contribution is 6.11. The Balaban J connectivity index is 1.87. The van der Waals surface area contributed by atoms with Gasteiger partial charge < -0.3 is 5.32 Å². The number of amides is 1. The average molecular weight is 369 g/mol. The fraction of sp³-hybridized carbons (Fsp3) is 0.0870. The van der Waals surface area contributed by atoms with Crippen LogP contribution >= 0.6 is 0 Å². The van der Waals surface area contributed by atoms with Crippen molar-refractivity contribution in [2.24, 2.45) is 0 Å². The Bertz CT molecular complexity index is 1210. The molecule has 138 valence electrons. The molecule has 1 aromatic heterocycles. The van der Waals surface area contributed by atoms with E-state index in [0.29, 0.717) is 16.5 Å². The first-order valence-corrected chi connectivity index (χ1v) is 9.16. The summed E-state index contributed by atoms with van der Waals surface area (Å²) >= 11 is 0. The zero-order valence-electron chi connectivity index (χ0n) is 15.4. The molecule has 0 atom stereocenters. The molecule has 0 radical (unpaired) electrons. The lowest BCUT2D eigenvalue weighted by atomic mass is 10.1. The second kappa shape index (κ2) is 7.48. The van der Waals surface area contributed by atoms with E-state index in [0.717, 1.165) is 17.7 Å². The molecular weight excluding hydrogens is 350 g/mol. The van der Waals surface area contributed by atoms with Gasteiger partial charge in [0, 0.05) is 11.1 Å². The van der Waals surface area contributed by atoms with E-state index < -0.39 is 0 Å². The van der Waals surface area contributed by atoms with E-state index in [-0.39, 0.29) is 17.2 Å². The van der Waals surface area contributed by atoms with Gasteiger partial charge in [-0.15, -0.1) is 0 Å². The van der Waals surface area contributed by atoms with Gasteiger partial charge in [-0.2, -0.15) is 9.78 Å². The molecule has 0 aliphatic rings. The van der Waals surface area contributed by atoms with Gasteiger partial charge in [-0.3, -0.25) is 9.59 Å². The number of benzene rings is 3. The lowest BCUT2D eigenvalue weighted by Crippen LogP contribution is -2.26. The number of carbonyl (C=O) groups excluding carboxylic acids is 1. The van der Waals surface area contributed by atoms with Crippen molar-refractivity contribution in [1.82, 2.24) is 9.78 Å². The molecule has 0 saturated carbocycles. The highest BCUT2D eigenvalue weighted by atomic mass is 16.2. The van der Waals surface area contributed by atoms with Crippen molar-refractivity contribution in [2.45, 2.75) is 13.3 Å². The van der Waals surface area contributed by atoms with Gasteiger partial charge in [-0.25, -0.2) is 0 Å². The Morgan fingerprint density at radius 1 is 0.893 bits per heavy atom. The second-order valence-electron chi connectivity index (χ2n) is 6.41. The van der Waals surface area contributed by atoms with E-state index in [1.54, 1.807) is 36.4 Å². The molecule has 28 heavy (non-hydrogen) atoms. The van der Waals surface area contributed by atoms with Crippen molar-refractivity contribution >= 4 is 22.4 Å². The Hall–Kier alpha value is -3.73. The predicted molar refractivity (Wildman–Crippen MR) is 111 cm³/mol. The van der Waals surface area contributed by atoms with Crippen molar-refractivity contribution < 1.29 is 4.79 Å². The van der Waals surface area contributed by atoms with Gasteiger partial charge in [-0.1, -0.05) is 61.5 Å². The van der Waals surface area contributed by atoms with E-state index in [4.69, 9.17) is 0 Å². The molecule has 0 aliphatic heterocycles. The molecule has 0 saturated heterocycles. The van der Waals surface area contributed by atoms with Crippen LogP contribution in [0.3, 0.4) is 0 Å². The summed E-state index contributed by atoms with van der Waals surface area (Å²) in [7, 11) is 0. The summed E-state index contributed by atoms with van der Waals surface area (Å²) in [6.07, 6.45) is 0.800. The average Bonchev–Trinajstić information content (AvgIpc) is 2.75. The lowest BCUT2D eigenvalue weighted by Gasteiger charge is -2.13. The largest absolute Gasteiger partial charge is 0.320 e. The van der Waals surface area contributed by atoms with Crippen molar-refractivity contribution in [3.05, 3.63) is 100 Å². The highest BCUT2D eigenvalue weighted by Crippen LogP contribution is 2.19. The summed E-state index contributed by atoms with van der Waals surface area (Å²) in [6.45, 7) is 2.04. The summed E-state index contributed by atoms with van der Waals surface area (Å²) in [4.78, 5) is 26.0. The van der Waals surface area contributed by atoms with Crippen LogP contribution in [0.4, 0.5) is 5.69 Å². The van der Waals surface area contributed by atoms with Gasteiger partial charge in [0.2, 0.25) is 0 Å². The first kappa shape index (κ1) is 17.7. The van der Waals surface area contributed by atoms with Crippen molar-refractivity contribution in [3.63, 3.8) is 0 Å². The number of fused-ring (bicyclic) bond motifs is 1. The molecule has 0 spiro atoms. The molecule has 1 N–H and O–H groups in total. The quantitative estimate of drug-likeness (QED) is 0.586. The smallest absolute Gasteiger partial charge is 0.279 e. The standard InChI is InChI=1S/C23H19N3O2/c1-2-16-10-6-9-15-20(16)24-22(27)21-18-13-7-8-14-19(18)23(28)26(25-21)17-11-4-3-5-12-17/h3-15H,2H2,1H3,(H,24,27). The summed E-state index contributed by atoms with van der Waals surface area (Å²) < 4.78 is 1.28. The van der Waals surface area contributed by atoms with Crippen molar-refractivity contribution in [2.75, 3.05) is 5.32 Å². The number of hydrogen-bond acceptors (Lipinski definition) is 3. The third-order valence-corrected chi connectivity index (χ3v) is 4.67. The lowest BCUT2D eigenvalue weighted by molar-refractivity contribution is 0.102. The van der Waals surface area contributed by atoms with Gasteiger partial charge in [0.15, 0.2) is 5.69 Å². The molecule has 0 unspecified atom stereocenters. The number of para-hydroxylation sites is 2. The maximum Gasteiger partial charge on any atom is 0.279 e. The van der Waals surface area contributed by atoms with Crippen LogP contribution in [0.2, 0.25) is 0 Å². The van der Waals surface area contributed by atoms with E-state index in [1.807, 2.05) is 49.4 Å². The van der Waals surface area contributed by atoms with Gasteiger partial charge in [0.05, 0.1) is 11.1 Å². The number of aryl methyl sites for hydroxylation is 1. The third-order valence-electron chi connectivity index (χ3n) is 4.67. The fourth-order valence-electron chi connectivity index (χ4n) is 3.23. The normalized spacial score (nSPS) is 10.8. The van der Waals surface area contributed by atoms with Gasteiger partial charge >= 0.3 is 0 Å². The first-order valence-electron chi connectivity index (χ1n) is 9.16. The number of nitrogens with one attached hydrogen (secondary N) is 1. The highest BCUT2D eigenvalue weighted by Gasteiger charge is 2.18. The molecule has 4 aromatic rings. The minimum absolute atomic E-state index is 0.213. The zero-order valence-corrected chi connectivity index (χ0v) is 15.4. The molecule has 1 heterocycles. The van der Waals surface area contributed by atoms with Crippen LogP contribution in [0.15, 0.2) is 83.7 Å². The van der Waals surface area contributed by atoms with Gasteiger partial charge in [-0.05, 0) is 36.2 Å². The zero-order chi connectivity index (χ0) is 19.5. The Morgan fingerprint density at radius 3 is 2.29 bits per heavy atom. The topological polar surface area (TPSA) is 64.0 Å². The molecule has 5 heteroatoms. The number of hydrogen-bond donors (Lipinski definition) is 1. The molecule has 0 fully saturated rings. The predicted octanol–water partition coefficient (Wildman–Crippen LogP) is 4.20. The maximum atomic E-state index is 13.1. The Kier molecular flexibility index (Phi) is 4.72. The van der Waals surface area contributed by atoms with Gasteiger partial charge in [0.25, 0.3) is 11.5 Å². The minimum Gasteiger partial charge on any atom is -0.320 e. The van der Waals surface area contributed by atoms with E-state index in [1.165, 1.54) is 4.68 Å². The molecule has 3 aromatic carbocycles. The monoisotopic (exact) mass is 369 g/mol. The van der Waals surface area contributed by atoms with Crippen LogP contribution in [0.1, 0.15) is 23.0 Å². The van der Waals surface area contributed by atoms with Crippen LogP contribution in [-0.4, -0.2) is 15.7 Å². The summed E-state index contributed by atoms with van der Waals surface area (Å²) in [5.74, 6) is -0.346. The van der Waals surface area contributed by atoms with E-state index >= 15 is 0 Å². The van der Waals surface area contributed by atoms with Crippen LogP contribution in [0.25, 0.3) is 16.5 Å². The van der Waals surface area contributed by atoms with E-state index in [2.05, 4.69) is 10.4 Å². The molecule has 0 aliphatic carbocycles. The number of rotatable bonds is 4. The summed E-state index contributed by atoms with van der Waals surface area (Å²) in [5.41, 5.74) is 2.36. The Morgan fingerprint density at radius 2 is 1.54 bits per heavy atom. The molecule has 4 rings (SSSR count). The second-order valence-corrected chi connectivity index (χ2v) is 6.41. The number of carbonyl (C=O) groups is 1. The number of aromatic nitrogens is 2. The van der Waals surface area contributed by atoms with Crippen LogP contribution < -0.4 is 10.9 Å². The first-order chi connectivity index (χ1) is 13.7. The van der Waals surface area contributed by atoms with Crippen LogP contribution in [-0.2, 0) is 6.42 Å². The Labute approximate surface area is 162 Å². The maximum absolute atomic E-state index is 13.1. The van der Waals surface area contributed by atoms with E-state index in [9.17, 15) is 9.59 Å². The number of anilines is 1. The van der Waals surface area contributed by atoms with Crippen molar-refractivity contribution in [1.29, 1.82) is 0 Å². The minimum atomic E-state index is -0.346. The molecular formula is C23H19N3O2. The third kappa shape index (κ3) is 3.18. The molecule has 5 nitrogen and oxygen atoms in total. The van der Waals surface area contributed by atoms with Crippen LogP contribution in [0.5, 0.6) is 0 Å². The number of nitrogens with zero attached hydrogens (tertiary/aromatic N) is 2.